The fraction of sp³-hybridized carbons (Fsp3) is 0.609. The molecular weight excluding hydrogens is 382 g/mol. The molecule has 7 nitrogen and oxygen atoms in total. The highest BCUT2D eigenvalue weighted by Crippen LogP contribution is 2.59. The van der Waals surface area contributed by atoms with Crippen LogP contribution in [0.25, 0.3) is 11.0 Å². The fourth-order valence-corrected chi connectivity index (χ4v) is 5.13. The van der Waals surface area contributed by atoms with Gasteiger partial charge in [0, 0.05) is 37.8 Å². The van der Waals surface area contributed by atoms with Crippen molar-refractivity contribution in [3.05, 3.63) is 30.3 Å². The third kappa shape index (κ3) is 3.95. The van der Waals surface area contributed by atoms with Crippen LogP contribution in [-0.2, 0) is 9.53 Å². The van der Waals surface area contributed by atoms with E-state index in [-0.39, 0.29) is 17.9 Å². The van der Waals surface area contributed by atoms with Crippen molar-refractivity contribution in [1.29, 1.82) is 0 Å². The van der Waals surface area contributed by atoms with Crippen molar-refractivity contribution in [3.63, 3.8) is 0 Å². The van der Waals surface area contributed by atoms with Crippen LogP contribution in [0.15, 0.2) is 28.9 Å². The molecule has 0 aromatic carbocycles. The minimum absolute atomic E-state index is 0.111. The van der Waals surface area contributed by atoms with Gasteiger partial charge in [0.05, 0.1) is 18.7 Å². The van der Waals surface area contributed by atoms with Crippen molar-refractivity contribution < 1.29 is 18.7 Å². The van der Waals surface area contributed by atoms with Crippen molar-refractivity contribution in [2.24, 2.45) is 11.3 Å². The molecule has 2 aromatic heterocycles. The van der Waals surface area contributed by atoms with Crippen LogP contribution in [0.4, 0.5) is 0 Å². The number of fused-ring (bicyclic) bond motifs is 1. The Morgan fingerprint density at radius 2 is 2.13 bits per heavy atom. The number of ether oxygens (including phenoxy) is 1. The molecule has 4 heterocycles. The summed E-state index contributed by atoms with van der Waals surface area (Å²) in [5, 5.41) is 3.91. The van der Waals surface area contributed by atoms with E-state index in [1.54, 1.807) is 18.5 Å². The van der Waals surface area contributed by atoms with Crippen LogP contribution in [0.1, 0.15) is 55.5 Å². The highest BCUT2D eigenvalue weighted by molar-refractivity contribution is 5.95. The normalized spacial score (nSPS) is 25.4. The zero-order chi connectivity index (χ0) is 20.6. The van der Waals surface area contributed by atoms with Crippen LogP contribution in [0.5, 0.6) is 0 Å². The topological polar surface area (TPSA) is 84.7 Å². The Hall–Kier alpha value is -2.41. The number of hydrogen-bond acceptors (Lipinski definition) is 5. The second-order valence-electron chi connectivity index (χ2n) is 9.07. The van der Waals surface area contributed by atoms with Gasteiger partial charge in [-0.1, -0.05) is 0 Å². The SMILES string of the molecule is O=C(NCC1CC12CCN(C(=O)CC1CCCCO1)CC2)c1cc2ccncc2o1. The van der Waals surface area contributed by atoms with Gasteiger partial charge >= 0.3 is 0 Å². The number of piperidine rings is 1. The van der Waals surface area contributed by atoms with Crippen LogP contribution < -0.4 is 5.32 Å². The first-order chi connectivity index (χ1) is 14.6. The van der Waals surface area contributed by atoms with Crippen molar-refractivity contribution in [3.8, 4) is 0 Å². The number of pyridine rings is 1. The fourth-order valence-electron chi connectivity index (χ4n) is 5.13. The summed E-state index contributed by atoms with van der Waals surface area (Å²) in [6, 6.07) is 3.59. The maximum atomic E-state index is 12.6. The first-order valence-corrected chi connectivity index (χ1v) is 11.1. The molecule has 1 N–H and O–H groups in total. The van der Waals surface area contributed by atoms with Gasteiger partial charge in [0.25, 0.3) is 5.91 Å². The number of nitrogens with zero attached hydrogens (tertiary/aromatic N) is 2. The summed E-state index contributed by atoms with van der Waals surface area (Å²) in [7, 11) is 0. The monoisotopic (exact) mass is 411 g/mol. The molecule has 2 amide bonds. The smallest absolute Gasteiger partial charge is 0.287 e. The lowest BCUT2D eigenvalue weighted by molar-refractivity contribution is -0.136. The quantitative estimate of drug-likeness (QED) is 0.817. The van der Waals surface area contributed by atoms with E-state index in [1.165, 1.54) is 6.42 Å². The molecule has 3 fully saturated rings. The summed E-state index contributed by atoms with van der Waals surface area (Å²) in [5.74, 6) is 0.888. The molecular formula is C23H29N3O4. The molecule has 1 saturated carbocycles. The Morgan fingerprint density at radius 3 is 2.90 bits per heavy atom. The minimum atomic E-state index is -0.173. The van der Waals surface area contributed by atoms with Gasteiger partial charge in [-0.2, -0.15) is 0 Å². The van der Waals surface area contributed by atoms with E-state index in [0.717, 1.165) is 57.2 Å². The molecule has 1 spiro atoms. The summed E-state index contributed by atoms with van der Waals surface area (Å²) in [6.45, 7) is 3.11. The largest absolute Gasteiger partial charge is 0.449 e. The number of nitrogens with one attached hydrogen (secondary N) is 1. The van der Waals surface area contributed by atoms with Crippen LogP contribution >= 0.6 is 0 Å². The molecule has 7 heteroatoms. The van der Waals surface area contributed by atoms with Gasteiger partial charge in [-0.05, 0) is 62.0 Å². The van der Waals surface area contributed by atoms with Crippen LogP contribution in [0, 0.1) is 11.3 Å². The van der Waals surface area contributed by atoms with E-state index in [0.29, 0.717) is 35.6 Å². The maximum absolute atomic E-state index is 12.6. The molecule has 2 atom stereocenters. The lowest BCUT2D eigenvalue weighted by Crippen LogP contribution is -2.41. The zero-order valence-corrected chi connectivity index (χ0v) is 17.3. The first kappa shape index (κ1) is 19.5. The third-order valence-electron chi connectivity index (χ3n) is 7.20. The van der Waals surface area contributed by atoms with E-state index < -0.39 is 0 Å². The first-order valence-electron chi connectivity index (χ1n) is 11.1. The van der Waals surface area contributed by atoms with Crippen LogP contribution in [0.3, 0.4) is 0 Å². The van der Waals surface area contributed by atoms with Crippen LogP contribution in [0.2, 0.25) is 0 Å². The average Bonchev–Trinajstić information content (AvgIpc) is 3.25. The summed E-state index contributed by atoms with van der Waals surface area (Å²) >= 11 is 0. The molecule has 3 aliphatic rings. The van der Waals surface area contributed by atoms with Gasteiger partial charge in [0.15, 0.2) is 11.3 Å². The van der Waals surface area contributed by atoms with Gasteiger partial charge in [-0.25, -0.2) is 0 Å². The Morgan fingerprint density at radius 1 is 1.27 bits per heavy atom. The maximum Gasteiger partial charge on any atom is 0.287 e. The molecule has 5 rings (SSSR count). The lowest BCUT2D eigenvalue weighted by Gasteiger charge is -2.34. The standard InChI is InChI=1S/C23H29N3O4/c27-21(12-18-3-1-2-10-29-18)26-8-5-23(6-9-26)13-17(23)14-25-22(28)19-11-16-4-7-24-15-20(16)30-19/h4,7,11,15,17-18H,1-3,5-6,8-10,12-14H2,(H,25,28). The van der Waals surface area contributed by atoms with Crippen molar-refractivity contribution in [2.45, 2.75) is 51.0 Å². The highest BCUT2D eigenvalue weighted by Gasteiger charge is 2.54. The third-order valence-corrected chi connectivity index (χ3v) is 7.20. The van der Waals surface area contributed by atoms with Crippen LogP contribution in [-0.4, -0.2) is 54.0 Å². The number of furan rings is 1. The van der Waals surface area contributed by atoms with Gasteiger partial charge in [0.2, 0.25) is 5.91 Å². The van der Waals surface area contributed by atoms with Crippen molar-refractivity contribution in [1.82, 2.24) is 15.2 Å². The van der Waals surface area contributed by atoms with Gasteiger partial charge < -0.3 is 19.4 Å². The van der Waals surface area contributed by atoms with E-state index >= 15 is 0 Å². The number of carbonyl (C=O) groups excluding carboxylic acids is 2. The molecule has 2 aromatic rings. The Balaban J connectivity index is 1.08. The molecule has 0 bridgehead atoms. The number of aromatic nitrogens is 1. The summed E-state index contributed by atoms with van der Waals surface area (Å²) in [6.07, 6.45) is 10.4. The Labute approximate surface area is 176 Å². The molecule has 1 aliphatic carbocycles. The molecule has 30 heavy (non-hydrogen) atoms. The number of hydrogen-bond donors (Lipinski definition) is 1. The van der Waals surface area contributed by atoms with Gasteiger partial charge in [-0.3, -0.25) is 14.6 Å². The minimum Gasteiger partial charge on any atom is -0.449 e. The second-order valence-corrected chi connectivity index (χ2v) is 9.07. The second kappa shape index (κ2) is 8.02. The van der Waals surface area contributed by atoms with Gasteiger partial charge in [-0.15, -0.1) is 0 Å². The Bertz CT molecular complexity index is 892. The lowest BCUT2D eigenvalue weighted by atomic mass is 9.90. The number of likely N-dealkylation sites (tertiary alicyclic amines) is 1. The zero-order valence-electron chi connectivity index (χ0n) is 17.3. The predicted molar refractivity (Wildman–Crippen MR) is 111 cm³/mol. The summed E-state index contributed by atoms with van der Waals surface area (Å²) in [4.78, 5) is 31.1. The molecule has 2 aliphatic heterocycles. The highest BCUT2D eigenvalue weighted by atomic mass is 16.5. The molecule has 2 unspecified atom stereocenters. The van der Waals surface area contributed by atoms with E-state index in [9.17, 15) is 9.59 Å². The molecule has 160 valence electrons. The van der Waals surface area contributed by atoms with Gasteiger partial charge in [0.1, 0.15) is 0 Å². The predicted octanol–water partition coefficient (Wildman–Crippen LogP) is 3.15. The molecule has 2 saturated heterocycles. The number of rotatable bonds is 5. The van der Waals surface area contributed by atoms with E-state index in [4.69, 9.17) is 9.15 Å². The number of amides is 2. The van der Waals surface area contributed by atoms with E-state index in [2.05, 4.69) is 10.3 Å². The number of carbonyl (C=O) groups is 2. The van der Waals surface area contributed by atoms with Crippen molar-refractivity contribution in [2.75, 3.05) is 26.2 Å². The summed E-state index contributed by atoms with van der Waals surface area (Å²) < 4.78 is 11.3. The van der Waals surface area contributed by atoms with Crippen molar-refractivity contribution >= 4 is 22.8 Å². The molecule has 0 radical (unpaired) electrons. The Kier molecular flexibility index (Phi) is 5.23. The van der Waals surface area contributed by atoms with E-state index in [1.807, 2.05) is 11.0 Å². The summed E-state index contributed by atoms with van der Waals surface area (Å²) in [5.41, 5.74) is 0.921. The average molecular weight is 412 g/mol.